The van der Waals surface area contributed by atoms with Crippen molar-refractivity contribution in [3.05, 3.63) is 83.4 Å². The largest absolute Gasteiger partial charge is 0.0901 e. The van der Waals surface area contributed by atoms with Crippen LogP contribution in [0.2, 0.25) is 5.02 Å². The fraction of sp³-hybridized carbons (Fsp3) is 0.0526. The van der Waals surface area contributed by atoms with E-state index in [1.54, 1.807) is 11.8 Å². The van der Waals surface area contributed by atoms with E-state index in [1.807, 2.05) is 18.2 Å². The highest BCUT2D eigenvalue weighted by atomic mass is 35.5. The molecule has 0 aliphatic rings. The summed E-state index contributed by atoms with van der Waals surface area (Å²) in [5.41, 5.74) is 3.68. The van der Waals surface area contributed by atoms with Gasteiger partial charge in [-0.15, -0.1) is 0 Å². The topological polar surface area (TPSA) is 0 Å². The number of aryl methyl sites for hydroxylation is 1. The maximum absolute atomic E-state index is 5.96. The molecule has 21 heavy (non-hydrogen) atoms. The van der Waals surface area contributed by atoms with Crippen LogP contribution in [0.1, 0.15) is 5.56 Å². The third-order valence-electron chi connectivity index (χ3n) is 3.21. The van der Waals surface area contributed by atoms with Gasteiger partial charge in [-0.25, -0.2) is 0 Å². The fourth-order valence-electron chi connectivity index (χ4n) is 2.24. The molecule has 2 heteroatoms. The van der Waals surface area contributed by atoms with E-state index >= 15 is 0 Å². The minimum Gasteiger partial charge on any atom is -0.0901 e. The van der Waals surface area contributed by atoms with Crippen molar-refractivity contribution < 1.29 is 0 Å². The zero-order valence-electron chi connectivity index (χ0n) is 11.7. The van der Waals surface area contributed by atoms with Crippen LogP contribution in [0.15, 0.2) is 82.6 Å². The third-order valence-corrected chi connectivity index (χ3v) is 4.44. The lowest BCUT2D eigenvalue weighted by Gasteiger charge is -2.08. The van der Waals surface area contributed by atoms with Crippen molar-refractivity contribution in [1.29, 1.82) is 0 Å². The summed E-state index contributed by atoms with van der Waals surface area (Å²) in [5.74, 6) is 0. The first-order valence-corrected chi connectivity index (χ1v) is 8.01. The van der Waals surface area contributed by atoms with Gasteiger partial charge in [-0.2, -0.15) is 0 Å². The van der Waals surface area contributed by atoms with Crippen LogP contribution in [0.5, 0.6) is 0 Å². The molecule has 0 saturated heterocycles. The van der Waals surface area contributed by atoms with Gasteiger partial charge in [-0.1, -0.05) is 59.8 Å². The Bertz CT molecular complexity index is 733. The first-order valence-electron chi connectivity index (χ1n) is 6.81. The summed E-state index contributed by atoms with van der Waals surface area (Å²) in [4.78, 5) is 2.51. The van der Waals surface area contributed by atoms with Crippen molar-refractivity contribution >= 4 is 23.4 Å². The predicted molar refractivity (Wildman–Crippen MR) is 92.2 cm³/mol. The Hall–Kier alpha value is -1.70. The van der Waals surface area contributed by atoms with E-state index in [0.717, 1.165) is 5.02 Å². The van der Waals surface area contributed by atoms with Crippen LogP contribution in [-0.4, -0.2) is 0 Å². The molecule has 104 valence electrons. The van der Waals surface area contributed by atoms with Gasteiger partial charge in [-0.3, -0.25) is 0 Å². The Morgan fingerprint density at radius 3 is 2.14 bits per heavy atom. The molecule has 0 heterocycles. The highest BCUT2D eigenvalue weighted by Gasteiger charge is 2.03. The molecule has 0 radical (unpaired) electrons. The summed E-state index contributed by atoms with van der Waals surface area (Å²) < 4.78 is 0. The molecule has 0 spiro atoms. The van der Waals surface area contributed by atoms with E-state index in [2.05, 4.69) is 61.5 Å². The lowest BCUT2D eigenvalue weighted by Crippen LogP contribution is -1.82. The second kappa shape index (κ2) is 6.38. The number of rotatable bonds is 3. The average Bonchev–Trinajstić information content (AvgIpc) is 2.48. The summed E-state index contributed by atoms with van der Waals surface area (Å²) in [6, 6.07) is 25.1. The van der Waals surface area contributed by atoms with Gasteiger partial charge >= 0.3 is 0 Å². The minimum absolute atomic E-state index is 0.769. The van der Waals surface area contributed by atoms with Crippen LogP contribution in [0.25, 0.3) is 11.1 Å². The Kier molecular flexibility index (Phi) is 4.33. The molecule has 0 saturated carbocycles. The fourth-order valence-corrected chi connectivity index (χ4v) is 3.36. The molecular formula is C19H15ClS. The lowest BCUT2D eigenvalue weighted by molar-refractivity contribution is 1.34. The molecule has 3 aromatic rings. The zero-order chi connectivity index (χ0) is 14.7. The number of hydrogen-bond acceptors (Lipinski definition) is 1. The molecule has 0 unspecified atom stereocenters. The summed E-state index contributed by atoms with van der Waals surface area (Å²) >= 11 is 7.75. The van der Waals surface area contributed by atoms with Crippen molar-refractivity contribution in [2.45, 2.75) is 16.7 Å². The highest BCUT2D eigenvalue weighted by Crippen LogP contribution is 2.32. The van der Waals surface area contributed by atoms with E-state index in [4.69, 9.17) is 11.6 Å². The van der Waals surface area contributed by atoms with Gasteiger partial charge in [0.25, 0.3) is 0 Å². The molecule has 0 N–H and O–H groups in total. The highest BCUT2D eigenvalue weighted by molar-refractivity contribution is 7.99. The molecule has 3 aromatic carbocycles. The number of halogens is 1. The Labute approximate surface area is 134 Å². The van der Waals surface area contributed by atoms with Crippen molar-refractivity contribution in [3.8, 4) is 11.1 Å². The van der Waals surface area contributed by atoms with E-state index in [9.17, 15) is 0 Å². The molecule has 0 fully saturated rings. The summed E-state index contributed by atoms with van der Waals surface area (Å²) in [6.07, 6.45) is 0. The molecule has 0 aliphatic heterocycles. The lowest BCUT2D eigenvalue weighted by atomic mass is 10.0. The molecule has 0 bridgehead atoms. The van der Waals surface area contributed by atoms with E-state index in [1.165, 1.54) is 26.5 Å². The smallest absolute Gasteiger partial charge is 0.0406 e. The van der Waals surface area contributed by atoms with Crippen molar-refractivity contribution in [1.82, 2.24) is 0 Å². The summed E-state index contributed by atoms with van der Waals surface area (Å²) in [6.45, 7) is 2.13. The van der Waals surface area contributed by atoms with Crippen LogP contribution in [0, 0.1) is 6.92 Å². The van der Waals surface area contributed by atoms with Crippen molar-refractivity contribution in [2.75, 3.05) is 0 Å². The first kappa shape index (κ1) is 14.2. The Morgan fingerprint density at radius 1 is 0.714 bits per heavy atom. The molecule has 0 aromatic heterocycles. The van der Waals surface area contributed by atoms with Gasteiger partial charge in [-0.05, 0) is 60.0 Å². The van der Waals surface area contributed by atoms with Crippen molar-refractivity contribution in [2.24, 2.45) is 0 Å². The Balaban J connectivity index is 1.94. The van der Waals surface area contributed by atoms with Gasteiger partial charge in [0, 0.05) is 14.8 Å². The van der Waals surface area contributed by atoms with Crippen LogP contribution < -0.4 is 0 Å². The quantitative estimate of drug-likeness (QED) is 0.534. The summed E-state index contributed by atoms with van der Waals surface area (Å²) in [7, 11) is 0. The van der Waals surface area contributed by atoms with Gasteiger partial charge in [0.2, 0.25) is 0 Å². The molecule has 0 aliphatic carbocycles. The molecule has 0 amide bonds. The third kappa shape index (κ3) is 3.69. The normalized spacial score (nSPS) is 10.6. The standard InChI is InChI=1S/C19H15ClS/c1-14-11-16(15-7-9-17(20)10-8-15)13-19(12-14)21-18-5-3-2-4-6-18/h2-13H,1H3. The maximum atomic E-state index is 5.96. The van der Waals surface area contributed by atoms with Crippen LogP contribution >= 0.6 is 23.4 Å². The SMILES string of the molecule is Cc1cc(Sc2ccccc2)cc(-c2ccc(Cl)cc2)c1. The minimum atomic E-state index is 0.769. The van der Waals surface area contributed by atoms with E-state index < -0.39 is 0 Å². The average molecular weight is 311 g/mol. The van der Waals surface area contributed by atoms with Crippen LogP contribution in [0.4, 0.5) is 0 Å². The van der Waals surface area contributed by atoms with Gasteiger partial charge in [0.15, 0.2) is 0 Å². The van der Waals surface area contributed by atoms with Gasteiger partial charge < -0.3 is 0 Å². The molecule has 0 atom stereocenters. The second-order valence-corrected chi connectivity index (χ2v) is 6.54. The van der Waals surface area contributed by atoms with Gasteiger partial charge in [0.05, 0.1) is 0 Å². The van der Waals surface area contributed by atoms with E-state index in [0.29, 0.717) is 0 Å². The molecular weight excluding hydrogens is 296 g/mol. The number of benzene rings is 3. The van der Waals surface area contributed by atoms with Crippen molar-refractivity contribution in [3.63, 3.8) is 0 Å². The summed E-state index contributed by atoms with van der Waals surface area (Å²) in [5, 5.41) is 0.769. The second-order valence-electron chi connectivity index (χ2n) is 4.96. The Morgan fingerprint density at radius 2 is 1.43 bits per heavy atom. The first-order chi connectivity index (χ1) is 10.2. The monoisotopic (exact) mass is 310 g/mol. The maximum Gasteiger partial charge on any atom is 0.0406 e. The zero-order valence-corrected chi connectivity index (χ0v) is 13.3. The molecule has 0 nitrogen and oxygen atoms in total. The molecule has 3 rings (SSSR count). The predicted octanol–water partition coefficient (Wildman–Crippen LogP) is 6.47. The van der Waals surface area contributed by atoms with Gasteiger partial charge in [0.1, 0.15) is 0 Å². The van der Waals surface area contributed by atoms with Crippen LogP contribution in [-0.2, 0) is 0 Å². The number of hydrogen-bond donors (Lipinski definition) is 0. The van der Waals surface area contributed by atoms with Crippen LogP contribution in [0.3, 0.4) is 0 Å². The van der Waals surface area contributed by atoms with E-state index in [-0.39, 0.29) is 0 Å².